The molecule has 2 aliphatic heterocycles. The Morgan fingerprint density at radius 2 is 1.59 bits per heavy atom. The van der Waals surface area contributed by atoms with E-state index in [0.717, 1.165) is 28.4 Å². The van der Waals surface area contributed by atoms with Crippen LogP contribution in [0.1, 0.15) is 22.6 Å². The highest BCUT2D eigenvalue weighted by Crippen LogP contribution is 2.48. The number of methoxy groups -OCH3 is 3. The second-order valence-corrected chi connectivity index (χ2v) is 8.91. The molecule has 1 amide bonds. The normalized spacial score (nSPS) is 21.2. The fourth-order valence-electron chi connectivity index (χ4n) is 5.51. The van der Waals surface area contributed by atoms with E-state index in [1.807, 2.05) is 35.2 Å². The molecule has 3 aromatic carbocycles. The lowest BCUT2D eigenvalue weighted by Gasteiger charge is -2.41. The van der Waals surface area contributed by atoms with Crippen molar-refractivity contribution >= 4 is 11.6 Å². The first-order valence-electron chi connectivity index (χ1n) is 11.5. The number of carbonyl (C=O) groups excluding carboxylic acids is 1. The van der Waals surface area contributed by atoms with Crippen LogP contribution in [0.15, 0.2) is 66.7 Å². The Kier molecular flexibility index (Phi) is 5.82. The number of ether oxygens (including phenoxy) is 3. The summed E-state index contributed by atoms with van der Waals surface area (Å²) in [7, 11) is 7.05. The number of para-hydroxylation sites is 1. The van der Waals surface area contributed by atoms with Crippen LogP contribution in [0.3, 0.4) is 0 Å². The molecule has 34 heavy (non-hydrogen) atoms. The van der Waals surface area contributed by atoms with Crippen LogP contribution < -0.4 is 19.1 Å². The number of carbonyl (C=O) groups is 1. The number of likely N-dealkylation sites (tertiary alicyclic amines) is 1. The molecule has 0 aromatic heterocycles. The second kappa shape index (κ2) is 8.93. The Balaban J connectivity index is 1.52. The van der Waals surface area contributed by atoms with E-state index in [2.05, 4.69) is 48.3 Å². The summed E-state index contributed by atoms with van der Waals surface area (Å²) in [6, 6.07) is 22.4. The number of hydrogen-bond acceptors (Lipinski definition) is 5. The van der Waals surface area contributed by atoms with Crippen LogP contribution in [0.5, 0.6) is 17.2 Å². The van der Waals surface area contributed by atoms with E-state index in [9.17, 15) is 4.79 Å². The van der Waals surface area contributed by atoms with Crippen LogP contribution >= 0.6 is 0 Å². The van der Waals surface area contributed by atoms with E-state index < -0.39 is 0 Å². The molecule has 0 spiro atoms. The molecule has 0 saturated carbocycles. The van der Waals surface area contributed by atoms with Crippen molar-refractivity contribution in [2.24, 2.45) is 5.92 Å². The van der Waals surface area contributed by atoms with Gasteiger partial charge in [-0.25, -0.2) is 0 Å². The zero-order valence-corrected chi connectivity index (χ0v) is 20.0. The number of amides is 1. The van der Waals surface area contributed by atoms with Gasteiger partial charge in [-0.2, -0.15) is 0 Å². The number of hydrogen-bond donors (Lipinski definition) is 0. The molecule has 6 heteroatoms. The summed E-state index contributed by atoms with van der Waals surface area (Å²) in [5.41, 5.74) is 4.47. The largest absolute Gasteiger partial charge is 0.497 e. The quantitative estimate of drug-likeness (QED) is 0.551. The molecule has 1 saturated heterocycles. The fraction of sp³-hybridized carbons (Fsp3) is 0.321. The van der Waals surface area contributed by atoms with Crippen LogP contribution in [0.4, 0.5) is 5.69 Å². The Morgan fingerprint density at radius 1 is 0.882 bits per heavy atom. The average Bonchev–Trinajstić information content (AvgIpc) is 3.20. The first kappa shape index (κ1) is 22.1. The van der Waals surface area contributed by atoms with Crippen molar-refractivity contribution in [1.29, 1.82) is 0 Å². The maximum atomic E-state index is 13.9. The van der Waals surface area contributed by atoms with Crippen LogP contribution in [-0.2, 0) is 11.3 Å². The summed E-state index contributed by atoms with van der Waals surface area (Å²) in [6.07, 6.45) is 0. The number of likely N-dealkylation sites (N-methyl/N-ethyl adjacent to an activating group) is 1. The first-order valence-corrected chi connectivity index (χ1v) is 11.5. The monoisotopic (exact) mass is 458 g/mol. The van der Waals surface area contributed by atoms with Gasteiger partial charge in [-0.3, -0.25) is 4.79 Å². The molecule has 3 atom stereocenters. The Morgan fingerprint density at radius 3 is 2.29 bits per heavy atom. The van der Waals surface area contributed by atoms with Crippen LogP contribution in [0.25, 0.3) is 0 Å². The van der Waals surface area contributed by atoms with Crippen molar-refractivity contribution in [2.75, 3.05) is 39.8 Å². The average molecular weight is 459 g/mol. The third-order valence-corrected chi connectivity index (χ3v) is 7.26. The maximum Gasteiger partial charge on any atom is 0.229 e. The van der Waals surface area contributed by atoms with Gasteiger partial charge in [-0.15, -0.1) is 0 Å². The SMILES string of the molecule is COc1ccc([C@@H]2c3ccccc3N(C)[C@@H]3CN(Cc4ccc(OC)cc4OC)C(=O)[C@@H]23)cc1. The molecular formula is C28H30N2O4. The molecule has 176 valence electrons. The minimum absolute atomic E-state index is 0.0152. The number of nitrogens with zero attached hydrogens (tertiary/aromatic N) is 2. The predicted octanol–water partition coefficient (Wildman–Crippen LogP) is 4.32. The molecule has 5 rings (SSSR count). The van der Waals surface area contributed by atoms with Gasteiger partial charge in [-0.1, -0.05) is 30.3 Å². The van der Waals surface area contributed by atoms with Crippen molar-refractivity contribution in [2.45, 2.75) is 18.5 Å². The third-order valence-electron chi connectivity index (χ3n) is 7.26. The zero-order valence-electron chi connectivity index (χ0n) is 20.0. The van der Waals surface area contributed by atoms with Crippen molar-refractivity contribution in [3.8, 4) is 17.2 Å². The molecule has 2 heterocycles. The minimum Gasteiger partial charge on any atom is -0.497 e. The van der Waals surface area contributed by atoms with Gasteiger partial charge in [-0.05, 0) is 41.5 Å². The highest BCUT2D eigenvalue weighted by atomic mass is 16.5. The van der Waals surface area contributed by atoms with E-state index in [1.165, 1.54) is 11.3 Å². The predicted molar refractivity (Wildman–Crippen MR) is 132 cm³/mol. The Hall–Kier alpha value is -3.67. The van der Waals surface area contributed by atoms with Crippen molar-refractivity contribution in [3.05, 3.63) is 83.4 Å². The zero-order chi connectivity index (χ0) is 23.8. The van der Waals surface area contributed by atoms with Crippen molar-refractivity contribution in [1.82, 2.24) is 4.90 Å². The van der Waals surface area contributed by atoms with Gasteiger partial charge in [0.15, 0.2) is 0 Å². The lowest BCUT2D eigenvalue weighted by molar-refractivity contribution is -0.131. The van der Waals surface area contributed by atoms with Crippen LogP contribution in [-0.4, -0.2) is 51.8 Å². The Bertz CT molecular complexity index is 1190. The summed E-state index contributed by atoms with van der Waals surface area (Å²) >= 11 is 0. The van der Waals surface area contributed by atoms with Gasteiger partial charge in [0, 0.05) is 43.4 Å². The summed E-state index contributed by atoms with van der Waals surface area (Å²) < 4.78 is 16.3. The standard InChI is InChI=1S/C28H30N2O4/c1-29-23-8-6-5-7-22(23)26(18-9-12-20(32-2)13-10-18)27-24(29)17-30(28(27)31)16-19-11-14-21(33-3)15-25(19)34-4/h5-15,24,26-27H,16-17H2,1-4H3/t24-,26-,27-/m1/s1. The van der Waals surface area contributed by atoms with E-state index in [-0.39, 0.29) is 23.8 Å². The second-order valence-electron chi connectivity index (χ2n) is 8.91. The molecular weight excluding hydrogens is 428 g/mol. The molecule has 6 nitrogen and oxygen atoms in total. The topological polar surface area (TPSA) is 51.2 Å². The summed E-state index contributed by atoms with van der Waals surface area (Å²) in [6.45, 7) is 1.16. The summed E-state index contributed by atoms with van der Waals surface area (Å²) in [4.78, 5) is 18.2. The molecule has 0 radical (unpaired) electrons. The van der Waals surface area contributed by atoms with Gasteiger partial charge in [0.1, 0.15) is 17.2 Å². The van der Waals surface area contributed by atoms with Gasteiger partial charge in [0.05, 0.1) is 33.3 Å². The van der Waals surface area contributed by atoms with Gasteiger partial charge in [0.2, 0.25) is 5.91 Å². The summed E-state index contributed by atoms with van der Waals surface area (Å²) in [5, 5.41) is 0. The van der Waals surface area contributed by atoms with Gasteiger partial charge >= 0.3 is 0 Å². The minimum atomic E-state index is -0.169. The molecule has 0 N–H and O–H groups in total. The van der Waals surface area contributed by atoms with Gasteiger partial charge in [0.25, 0.3) is 0 Å². The lowest BCUT2D eigenvalue weighted by Crippen LogP contribution is -2.45. The van der Waals surface area contributed by atoms with Crippen LogP contribution in [0.2, 0.25) is 0 Å². The van der Waals surface area contributed by atoms with Gasteiger partial charge < -0.3 is 24.0 Å². The van der Waals surface area contributed by atoms with E-state index in [4.69, 9.17) is 14.2 Å². The van der Waals surface area contributed by atoms with E-state index in [1.54, 1.807) is 21.3 Å². The molecule has 0 unspecified atom stereocenters. The highest BCUT2D eigenvalue weighted by molar-refractivity contribution is 5.87. The van der Waals surface area contributed by atoms with E-state index >= 15 is 0 Å². The highest BCUT2D eigenvalue weighted by Gasteiger charge is 2.51. The number of rotatable bonds is 6. The molecule has 0 bridgehead atoms. The number of benzene rings is 3. The Labute approximate surface area is 200 Å². The first-order chi connectivity index (χ1) is 16.5. The maximum absolute atomic E-state index is 13.9. The fourth-order valence-corrected chi connectivity index (χ4v) is 5.51. The molecule has 1 fully saturated rings. The third kappa shape index (κ3) is 3.63. The molecule has 3 aromatic rings. The molecule has 0 aliphatic carbocycles. The van der Waals surface area contributed by atoms with E-state index in [0.29, 0.717) is 13.1 Å². The van der Waals surface area contributed by atoms with Crippen molar-refractivity contribution in [3.63, 3.8) is 0 Å². The van der Waals surface area contributed by atoms with Crippen LogP contribution in [0, 0.1) is 5.92 Å². The molecule has 2 aliphatic rings. The lowest BCUT2D eigenvalue weighted by atomic mass is 9.74. The number of anilines is 1. The number of fused-ring (bicyclic) bond motifs is 2. The summed E-state index contributed by atoms with van der Waals surface area (Å²) in [5.74, 6) is 2.26. The van der Waals surface area contributed by atoms with Crippen molar-refractivity contribution < 1.29 is 19.0 Å². The smallest absolute Gasteiger partial charge is 0.229 e.